The number of nitrogens with one attached hydrogen (secondary N) is 2. The topological polar surface area (TPSA) is 363 Å². The number of benzene rings is 3. The molecule has 93 heavy (non-hydrogen) atoms. The molecule has 0 radical (unpaired) electrons. The standard InChI is InChI=1S/C25H35FN7O7P.C18H17F5NO4P.C13H19FN6O3/c1-14(2)38-22(35)15(3)31-41(36,40-16-10-8-7-9-11-16)37-12-17-19(34)25(4,26)23(39-17)33-13-28-18-20(32(5)6)29-24(27)30-21(18)33;1-9(2)27-18(25)10(3)24-29(26,28-11-7-5-4-6-8-11)17-15(22)13(20)12(19)14(21)16(17)23;1-13(14)8(22)6(4-21)23-11(13)20-5-16-7-9(19(2)3)17-12(15)18-10(7)20/h7-11,13-15,17,19,23,34H,12H2,1-6H3,(H,31,36)(H2,27,29,30);4-10H,1-3H3,(H,24,26);5-6,8,11,21-22H,4H2,1-3H3,(H2,15,17,18)/t15-,17+,19+,23+,25+,41-;10-,29+;6-,8-,11-,13-/m001/s1. The molecule has 2 fully saturated rings. The summed E-state index contributed by atoms with van der Waals surface area (Å²) in [5, 5.41) is 33.0. The fourth-order valence-corrected chi connectivity index (χ4v) is 12.8. The van der Waals surface area contributed by atoms with Crippen LogP contribution in [-0.2, 0) is 42.2 Å². The summed E-state index contributed by atoms with van der Waals surface area (Å²) in [5.74, 6) is -12.5. The van der Waals surface area contributed by atoms with Crippen LogP contribution >= 0.6 is 15.3 Å². The molecule has 0 amide bonds. The smallest absolute Gasteiger partial charge is 0.459 e. The number of anilines is 4. The van der Waals surface area contributed by atoms with Crippen LogP contribution in [0.3, 0.4) is 0 Å². The molecule has 0 unspecified atom stereocenters. The molecule has 0 saturated carbocycles. The van der Waals surface area contributed by atoms with Crippen molar-refractivity contribution in [2.75, 3.05) is 62.7 Å². The first-order chi connectivity index (χ1) is 43.5. The first-order valence-corrected chi connectivity index (χ1v) is 31.5. The average Bonchev–Trinajstić information content (AvgIpc) is 1.74. The fraction of sp³-hybridized carbons (Fsp3) is 0.464. The molecule has 0 spiro atoms. The summed E-state index contributed by atoms with van der Waals surface area (Å²) in [4.78, 5) is 52.9. The highest BCUT2D eigenvalue weighted by molar-refractivity contribution is 7.65. The van der Waals surface area contributed by atoms with E-state index in [1.807, 2.05) is 5.09 Å². The first-order valence-electron chi connectivity index (χ1n) is 28.3. The molecule has 6 heterocycles. The minimum Gasteiger partial charge on any atom is -0.462 e. The SMILES string of the molecule is CC(C)OC(=O)[C@H](C)N[P@](=O)(OC[C@H]1O[C@@H](n2cnc3c(N(C)C)nc(N)nc32)[C@](C)(F)[C@@H]1O)Oc1ccccc1.CC(C)OC(=O)[C@H](C)N[P@](=O)(Oc1ccccc1)c1c(F)c(F)c(F)c(F)c1F.CN(C)c1nc(N)nc2c1ncn2[C@@H]1O[C@H](CO)[C@@H](O)[C@@]1(C)F. The summed E-state index contributed by atoms with van der Waals surface area (Å²) < 4.78 is 168. The minimum absolute atomic E-state index is 0.0146. The van der Waals surface area contributed by atoms with Crippen molar-refractivity contribution in [3.63, 3.8) is 0 Å². The van der Waals surface area contributed by atoms with Gasteiger partial charge in [-0.15, -0.1) is 0 Å². The zero-order valence-electron chi connectivity index (χ0n) is 52.1. The average molecular weight is 1360 g/mol. The number of nitrogen functional groups attached to an aromatic ring is 2. The first kappa shape index (κ1) is 72.6. The van der Waals surface area contributed by atoms with Crippen LogP contribution in [0, 0.1) is 29.1 Å². The number of halogens is 7. The van der Waals surface area contributed by atoms with Gasteiger partial charge in [0.1, 0.15) is 53.3 Å². The summed E-state index contributed by atoms with van der Waals surface area (Å²) >= 11 is 0. The number of nitrogens with two attached hydrogens (primary N) is 2. The highest BCUT2D eigenvalue weighted by Gasteiger charge is 2.57. The van der Waals surface area contributed by atoms with E-state index >= 15 is 4.39 Å². The monoisotopic (exact) mass is 1360 g/mol. The molecule has 9 N–H and O–H groups in total. The molecule has 3 aromatic carbocycles. The highest BCUT2D eigenvalue weighted by Crippen LogP contribution is 2.50. The zero-order chi connectivity index (χ0) is 69.0. The number of aliphatic hydroxyl groups excluding tert-OH is 3. The number of nitrogens with zero attached hydrogens (tertiary/aromatic N) is 10. The Morgan fingerprint density at radius 1 is 0.634 bits per heavy atom. The number of carbonyl (C=O) groups excluding carboxylic acids is 2. The molecular weight excluding hydrogens is 1290 g/mol. The molecule has 2 saturated heterocycles. The largest absolute Gasteiger partial charge is 0.462 e. The number of esters is 2. The summed E-state index contributed by atoms with van der Waals surface area (Å²) in [5.41, 5.74) is 8.40. The quantitative estimate of drug-likeness (QED) is 0.0137. The number of aromatic nitrogens is 8. The van der Waals surface area contributed by atoms with E-state index < -0.39 is 147 Å². The molecule has 2 aliphatic rings. The van der Waals surface area contributed by atoms with Crippen LogP contribution in [0.4, 0.5) is 54.3 Å². The van der Waals surface area contributed by atoms with Gasteiger partial charge in [0.15, 0.2) is 81.0 Å². The van der Waals surface area contributed by atoms with Gasteiger partial charge in [0.2, 0.25) is 17.7 Å². The molecule has 4 aromatic heterocycles. The molecule has 508 valence electrons. The van der Waals surface area contributed by atoms with Crippen molar-refractivity contribution < 1.29 is 97.3 Å². The van der Waals surface area contributed by atoms with Crippen molar-refractivity contribution in [2.24, 2.45) is 0 Å². The van der Waals surface area contributed by atoms with E-state index in [4.69, 9.17) is 44.0 Å². The lowest BCUT2D eigenvalue weighted by molar-refractivity contribution is -0.149. The maximum Gasteiger partial charge on any atom is 0.459 e. The number of ether oxygens (including phenoxy) is 4. The minimum atomic E-state index is -5.04. The number of para-hydroxylation sites is 2. The second kappa shape index (κ2) is 29.2. The Kier molecular flexibility index (Phi) is 22.8. The summed E-state index contributed by atoms with van der Waals surface area (Å²) in [7, 11) is -2.29. The molecule has 12 atom stereocenters. The Bertz CT molecular complexity index is 3850. The van der Waals surface area contributed by atoms with Crippen LogP contribution in [-0.4, -0.2) is 168 Å². The second-order valence-electron chi connectivity index (χ2n) is 22.4. The van der Waals surface area contributed by atoms with Crippen LogP contribution in [0.15, 0.2) is 73.3 Å². The van der Waals surface area contributed by atoms with E-state index in [0.717, 1.165) is 13.8 Å². The number of aliphatic hydroxyl groups is 3. The highest BCUT2D eigenvalue weighted by atomic mass is 31.2. The van der Waals surface area contributed by atoms with Gasteiger partial charge in [-0.3, -0.25) is 27.8 Å². The van der Waals surface area contributed by atoms with Gasteiger partial charge in [-0.25, -0.2) is 50.4 Å². The Morgan fingerprint density at radius 3 is 1.42 bits per heavy atom. The van der Waals surface area contributed by atoms with Crippen molar-refractivity contribution in [3.8, 4) is 11.5 Å². The van der Waals surface area contributed by atoms with Crippen LogP contribution in [0.5, 0.6) is 11.5 Å². The van der Waals surface area contributed by atoms with Gasteiger partial charge < -0.3 is 64.6 Å². The van der Waals surface area contributed by atoms with Gasteiger partial charge in [-0.05, 0) is 79.7 Å². The number of fused-ring (bicyclic) bond motifs is 2. The van der Waals surface area contributed by atoms with E-state index in [1.54, 1.807) is 88.2 Å². The lowest BCUT2D eigenvalue weighted by atomic mass is 9.98. The maximum absolute atomic E-state index is 16.0. The Morgan fingerprint density at radius 2 is 1.02 bits per heavy atom. The lowest BCUT2D eigenvalue weighted by Crippen LogP contribution is -2.41. The van der Waals surface area contributed by atoms with Gasteiger partial charge in [0.25, 0.3) is 0 Å². The van der Waals surface area contributed by atoms with E-state index in [1.165, 1.54) is 73.7 Å². The molecule has 9 rings (SSSR count). The van der Waals surface area contributed by atoms with Crippen molar-refractivity contribution in [1.29, 1.82) is 0 Å². The normalized spacial score (nSPS) is 23.1. The number of rotatable bonds is 21. The Labute approximate surface area is 527 Å². The number of alkyl halides is 2. The molecule has 28 nitrogen and oxygen atoms in total. The van der Waals surface area contributed by atoms with Crippen molar-refractivity contribution in [3.05, 3.63) is 102 Å². The maximum atomic E-state index is 16.0. The third kappa shape index (κ3) is 16.0. The molecule has 2 aliphatic heterocycles. The van der Waals surface area contributed by atoms with E-state index in [2.05, 4.69) is 35.0 Å². The predicted octanol–water partition coefficient (Wildman–Crippen LogP) is 6.26. The number of hydrogen-bond acceptors (Lipinski definition) is 24. The van der Waals surface area contributed by atoms with Gasteiger partial charge in [-0.2, -0.15) is 25.0 Å². The van der Waals surface area contributed by atoms with Crippen molar-refractivity contribution >= 4 is 78.4 Å². The van der Waals surface area contributed by atoms with Gasteiger partial charge in [-0.1, -0.05) is 36.4 Å². The van der Waals surface area contributed by atoms with E-state index in [-0.39, 0.29) is 29.0 Å². The molecular formula is C56H71F7N14O14P2. The molecule has 0 aliphatic carbocycles. The van der Waals surface area contributed by atoms with Gasteiger partial charge in [0, 0.05) is 28.2 Å². The zero-order valence-corrected chi connectivity index (χ0v) is 53.9. The van der Waals surface area contributed by atoms with Crippen LogP contribution in [0.1, 0.15) is 67.8 Å². The number of carbonyl (C=O) groups is 2. The van der Waals surface area contributed by atoms with Crippen molar-refractivity contribution in [2.45, 2.75) is 128 Å². The summed E-state index contributed by atoms with van der Waals surface area (Å²) in [6.07, 6.45) is -6.40. The molecule has 7 aromatic rings. The fourth-order valence-electron chi connectivity index (χ4n) is 9.28. The van der Waals surface area contributed by atoms with Crippen LogP contribution < -0.4 is 45.8 Å². The Balaban J connectivity index is 0.000000207. The third-order valence-corrected chi connectivity index (χ3v) is 17.6. The third-order valence-electron chi connectivity index (χ3n) is 13.8. The summed E-state index contributed by atoms with van der Waals surface area (Å²) in [6.45, 7) is 10.3. The Hall–Kier alpha value is -7.85. The number of imidazole rings is 2. The van der Waals surface area contributed by atoms with E-state index in [9.17, 15) is 60.4 Å². The molecule has 0 bridgehead atoms. The van der Waals surface area contributed by atoms with Gasteiger partial charge in [0.05, 0.1) is 38.1 Å². The van der Waals surface area contributed by atoms with Gasteiger partial charge >= 0.3 is 27.2 Å². The summed E-state index contributed by atoms with van der Waals surface area (Å²) in [6, 6.07) is 12.5. The van der Waals surface area contributed by atoms with Crippen molar-refractivity contribution in [1.82, 2.24) is 49.2 Å². The number of hydrogen-bond donors (Lipinski definition) is 7. The van der Waals surface area contributed by atoms with Crippen LogP contribution in [0.25, 0.3) is 22.3 Å². The van der Waals surface area contributed by atoms with Crippen LogP contribution in [0.2, 0.25) is 0 Å². The van der Waals surface area contributed by atoms with E-state index in [0.29, 0.717) is 28.3 Å². The predicted molar refractivity (Wildman–Crippen MR) is 323 cm³/mol. The lowest BCUT2D eigenvalue weighted by Gasteiger charge is -2.25. The second-order valence-corrected chi connectivity index (χ2v) is 26.1. The molecule has 37 heteroatoms.